The number of allylic oxidation sites excluding steroid dienone is 5. The monoisotopic (exact) mass is 604 g/mol. The molecule has 0 fully saturated rings. The zero-order valence-electron chi connectivity index (χ0n) is 28.7. The highest BCUT2D eigenvalue weighted by Gasteiger charge is 2.17. The fourth-order valence-corrected chi connectivity index (χ4v) is 5.44. The number of nitrogens with one attached hydrogen (secondary N) is 1. The fraction of sp³-hybridized carbons (Fsp3) is 0.821. The molecule has 0 aliphatic heterocycles. The molecule has 1 amide bonds. The third kappa shape index (κ3) is 31.8. The lowest BCUT2D eigenvalue weighted by atomic mass is 10.0. The van der Waals surface area contributed by atoms with Crippen molar-refractivity contribution in [2.75, 3.05) is 6.61 Å². The minimum absolute atomic E-state index is 0.0793. The molecule has 43 heavy (non-hydrogen) atoms. The van der Waals surface area contributed by atoms with Crippen molar-refractivity contribution in [3.8, 4) is 0 Å². The first kappa shape index (κ1) is 41.6. The molecule has 3 N–H and O–H groups in total. The maximum absolute atomic E-state index is 12.3. The van der Waals surface area contributed by atoms with Gasteiger partial charge in [-0.3, -0.25) is 4.79 Å². The average molecular weight is 604 g/mol. The Kier molecular flexibility index (Phi) is 34.0. The number of hydrogen-bond acceptors (Lipinski definition) is 3. The zero-order chi connectivity index (χ0) is 31.5. The van der Waals surface area contributed by atoms with E-state index in [0.29, 0.717) is 6.42 Å². The summed E-state index contributed by atoms with van der Waals surface area (Å²) in [6, 6.07) is -0.627. The summed E-state index contributed by atoms with van der Waals surface area (Å²) < 4.78 is 0. The molecule has 0 saturated heterocycles. The second kappa shape index (κ2) is 35.1. The minimum atomic E-state index is -0.842. The molecular formula is C39H73NO3. The Morgan fingerprint density at radius 3 is 1.42 bits per heavy atom. The number of aliphatic hydroxyl groups is 2. The largest absolute Gasteiger partial charge is 0.394 e. The molecule has 2 atom stereocenters. The van der Waals surface area contributed by atoms with Crippen molar-refractivity contribution in [1.82, 2.24) is 5.32 Å². The quantitative estimate of drug-likeness (QED) is 0.0516. The molecule has 0 spiro atoms. The van der Waals surface area contributed by atoms with Crippen LogP contribution in [0.3, 0.4) is 0 Å². The Morgan fingerprint density at radius 1 is 0.558 bits per heavy atom. The van der Waals surface area contributed by atoms with E-state index in [1.165, 1.54) is 122 Å². The highest BCUT2D eigenvalue weighted by Crippen LogP contribution is 2.13. The van der Waals surface area contributed by atoms with E-state index in [1.807, 2.05) is 6.08 Å². The van der Waals surface area contributed by atoms with E-state index in [-0.39, 0.29) is 12.5 Å². The smallest absolute Gasteiger partial charge is 0.220 e. The number of hydrogen-bond donors (Lipinski definition) is 3. The van der Waals surface area contributed by atoms with Crippen molar-refractivity contribution >= 4 is 5.91 Å². The molecule has 0 radical (unpaired) electrons. The fourth-order valence-electron chi connectivity index (χ4n) is 5.44. The second-order valence-corrected chi connectivity index (χ2v) is 12.6. The number of unbranched alkanes of at least 4 members (excludes halogenated alkanes) is 22. The van der Waals surface area contributed by atoms with Gasteiger partial charge in [0.2, 0.25) is 5.91 Å². The van der Waals surface area contributed by atoms with Crippen molar-refractivity contribution in [3.63, 3.8) is 0 Å². The minimum Gasteiger partial charge on any atom is -0.394 e. The molecule has 0 heterocycles. The highest BCUT2D eigenvalue weighted by atomic mass is 16.3. The van der Waals surface area contributed by atoms with Gasteiger partial charge in [0.15, 0.2) is 0 Å². The summed E-state index contributed by atoms with van der Waals surface area (Å²) in [6.07, 6.45) is 45.1. The first-order valence-electron chi connectivity index (χ1n) is 18.7. The van der Waals surface area contributed by atoms with Crippen LogP contribution in [0, 0.1) is 0 Å². The summed E-state index contributed by atoms with van der Waals surface area (Å²) >= 11 is 0. The Bertz CT molecular complexity index is 657. The van der Waals surface area contributed by atoms with E-state index in [2.05, 4.69) is 43.5 Å². The third-order valence-electron chi connectivity index (χ3n) is 8.37. The van der Waals surface area contributed by atoms with Crippen LogP contribution in [0.2, 0.25) is 0 Å². The van der Waals surface area contributed by atoms with Crippen LogP contribution < -0.4 is 5.32 Å². The summed E-state index contributed by atoms with van der Waals surface area (Å²) in [5.74, 6) is -0.0793. The van der Waals surface area contributed by atoms with E-state index in [0.717, 1.165) is 44.9 Å². The molecule has 0 bridgehead atoms. The Hall–Kier alpha value is -1.39. The summed E-state index contributed by atoms with van der Waals surface area (Å²) in [7, 11) is 0. The van der Waals surface area contributed by atoms with Crippen LogP contribution in [0.15, 0.2) is 36.5 Å². The lowest BCUT2D eigenvalue weighted by Gasteiger charge is -2.20. The van der Waals surface area contributed by atoms with Gasteiger partial charge in [-0.2, -0.15) is 0 Å². The number of rotatable bonds is 33. The molecular weight excluding hydrogens is 530 g/mol. The molecule has 0 aliphatic carbocycles. The molecule has 2 unspecified atom stereocenters. The van der Waals surface area contributed by atoms with Gasteiger partial charge in [0.1, 0.15) is 0 Å². The van der Waals surface area contributed by atoms with Gasteiger partial charge < -0.3 is 15.5 Å². The molecule has 0 aromatic carbocycles. The lowest BCUT2D eigenvalue weighted by molar-refractivity contribution is -0.123. The second-order valence-electron chi connectivity index (χ2n) is 12.6. The predicted molar refractivity (Wildman–Crippen MR) is 188 cm³/mol. The molecule has 0 aromatic heterocycles. The SMILES string of the molecule is CCCCCC/C=C\C/C=C\CCCCCCCC(=O)NC(CO)C(O)/C=C/CCCCCCCCCCCCCCC. The molecule has 4 nitrogen and oxygen atoms in total. The summed E-state index contributed by atoms with van der Waals surface area (Å²) in [5, 5.41) is 22.9. The zero-order valence-corrected chi connectivity index (χ0v) is 28.7. The van der Waals surface area contributed by atoms with Gasteiger partial charge in [-0.25, -0.2) is 0 Å². The van der Waals surface area contributed by atoms with Gasteiger partial charge in [0.25, 0.3) is 0 Å². The normalized spacial score (nSPS) is 13.5. The summed E-state index contributed by atoms with van der Waals surface area (Å²) in [5.41, 5.74) is 0. The molecule has 0 aliphatic rings. The van der Waals surface area contributed by atoms with Crippen molar-refractivity contribution < 1.29 is 15.0 Å². The Morgan fingerprint density at radius 2 is 0.953 bits per heavy atom. The Balaban J connectivity index is 3.66. The number of carbonyl (C=O) groups is 1. The van der Waals surface area contributed by atoms with Crippen LogP contribution in [0.5, 0.6) is 0 Å². The van der Waals surface area contributed by atoms with Crippen LogP contribution in [0.4, 0.5) is 0 Å². The van der Waals surface area contributed by atoms with Gasteiger partial charge in [0, 0.05) is 6.42 Å². The van der Waals surface area contributed by atoms with Crippen LogP contribution in [0.1, 0.15) is 187 Å². The van der Waals surface area contributed by atoms with Crippen molar-refractivity contribution in [2.24, 2.45) is 0 Å². The number of carbonyl (C=O) groups excluding carboxylic acids is 1. The average Bonchev–Trinajstić information content (AvgIpc) is 3.01. The number of amides is 1. The topological polar surface area (TPSA) is 69.6 Å². The first-order chi connectivity index (χ1) is 21.2. The Labute approximate surface area is 268 Å². The van der Waals surface area contributed by atoms with E-state index >= 15 is 0 Å². The van der Waals surface area contributed by atoms with E-state index in [9.17, 15) is 15.0 Å². The molecule has 4 heteroatoms. The number of aliphatic hydroxyl groups excluding tert-OH is 2. The maximum atomic E-state index is 12.3. The van der Waals surface area contributed by atoms with Gasteiger partial charge >= 0.3 is 0 Å². The maximum Gasteiger partial charge on any atom is 0.220 e. The van der Waals surface area contributed by atoms with E-state index in [4.69, 9.17) is 0 Å². The van der Waals surface area contributed by atoms with Gasteiger partial charge in [0.05, 0.1) is 18.8 Å². The lowest BCUT2D eigenvalue weighted by Crippen LogP contribution is -2.45. The molecule has 0 aromatic rings. The standard InChI is InChI=1S/C39H73NO3/c1-3-5-7-9-11-13-15-17-19-21-23-25-27-29-31-33-35-39(43)40-37(36-41)38(42)34-32-30-28-26-24-22-20-18-16-14-12-10-8-6-4-2/h13,15,19,21,32,34,37-38,41-42H,3-12,14,16-18,20,22-31,33,35-36H2,1-2H3,(H,40,43)/b15-13-,21-19-,34-32+. The molecule has 0 rings (SSSR count). The van der Waals surface area contributed by atoms with Crippen LogP contribution >= 0.6 is 0 Å². The highest BCUT2D eigenvalue weighted by molar-refractivity contribution is 5.76. The van der Waals surface area contributed by atoms with Crippen LogP contribution in [-0.4, -0.2) is 34.9 Å². The van der Waals surface area contributed by atoms with Gasteiger partial charge in [-0.1, -0.05) is 166 Å². The molecule has 252 valence electrons. The van der Waals surface area contributed by atoms with Crippen LogP contribution in [-0.2, 0) is 4.79 Å². The molecule has 0 saturated carbocycles. The van der Waals surface area contributed by atoms with Crippen molar-refractivity contribution in [1.29, 1.82) is 0 Å². The van der Waals surface area contributed by atoms with Gasteiger partial charge in [-0.15, -0.1) is 0 Å². The third-order valence-corrected chi connectivity index (χ3v) is 8.37. The summed E-state index contributed by atoms with van der Waals surface area (Å²) in [6.45, 7) is 4.27. The summed E-state index contributed by atoms with van der Waals surface area (Å²) in [4.78, 5) is 12.3. The van der Waals surface area contributed by atoms with Crippen molar-refractivity contribution in [3.05, 3.63) is 36.5 Å². The predicted octanol–water partition coefficient (Wildman–Crippen LogP) is 11.1. The van der Waals surface area contributed by atoms with E-state index in [1.54, 1.807) is 6.08 Å². The van der Waals surface area contributed by atoms with Crippen molar-refractivity contribution in [2.45, 2.75) is 199 Å². The van der Waals surface area contributed by atoms with Crippen LogP contribution in [0.25, 0.3) is 0 Å². The van der Waals surface area contributed by atoms with Gasteiger partial charge in [-0.05, 0) is 51.4 Å². The van der Waals surface area contributed by atoms with E-state index < -0.39 is 12.1 Å². The first-order valence-corrected chi connectivity index (χ1v) is 18.7.